The van der Waals surface area contributed by atoms with Crippen LogP contribution in [0.4, 0.5) is 0 Å². The molecule has 0 saturated carbocycles. The SMILES string of the molecule is Cn1nnnc1Sc1ncnc2scnc12. The van der Waals surface area contributed by atoms with Crippen LogP contribution in [-0.2, 0) is 7.05 Å². The van der Waals surface area contributed by atoms with Gasteiger partial charge in [0, 0.05) is 7.05 Å². The maximum atomic E-state index is 4.22. The number of hydrogen-bond acceptors (Lipinski definition) is 8. The van der Waals surface area contributed by atoms with Crippen LogP contribution in [0.1, 0.15) is 0 Å². The highest BCUT2D eigenvalue weighted by Gasteiger charge is 2.11. The van der Waals surface area contributed by atoms with E-state index in [1.165, 1.54) is 29.4 Å². The lowest BCUT2D eigenvalue weighted by Crippen LogP contribution is -1.94. The average molecular weight is 251 g/mol. The molecule has 0 spiro atoms. The number of fused-ring (bicyclic) bond motifs is 1. The molecule has 0 amide bonds. The van der Waals surface area contributed by atoms with Crippen molar-refractivity contribution in [3.8, 4) is 0 Å². The molecule has 0 aromatic carbocycles. The Bertz CT molecular complexity index is 630. The zero-order valence-electron chi connectivity index (χ0n) is 8.10. The van der Waals surface area contributed by atoms with E-state index in [9.17, 15) is 0 Å². The second-order valence-electron chi connectivity index (χ2n) is 2.87. The number of hydrogen-bond donors (Lipinski definition) is 0. The van der Waals surface area contributed by atoms with E-state index in [1.807, 2.05) is 0 Å². The van der Waals surface area contributed by atoms with Crippen LogP contribution in [0, 0.1) is 0 Å². The second-order valence-corrected chi connectivity index (χ2v) is 4.66. The van der Waals surface area contributed by atoms with Crippen LogP contribution in [0.5, 0.6) is 0 Å². The van der Waals surface area contributed by atoms with E-state index in [2.05, 4.69) is 30.5 Å². The molecule has 7 nitrogen and oxygen atoms in total. The highest BCUT2D eigenvalue weighted by molar-refractivity contribution is 7.99. The summed E-state index contributed by atoms with van der Waals surface area (Å²) in [4.78, 5) is 13.4. The Hall–Kier alpha value is -1.61. The smallest absolute Gasteiger partial charge is 0.215 e. The van der Waals surface area contributed by atoms with Crippen LogP contribution in [0.3, 0.4) is 0 Å². The highest BCUT2D eigenvalue weighted by Crippen LogP contribution is 2.29. The monoisotopic (exact) mass is 251 g/mol. The molecule has 0 atom stereocenters. The Morgan fingerprint density at radius 1 is 1.31 bits per heavy atom. The molecule has 0 fully saturated rings. The minimum atomic E-state index is 0.674. The predicted molar refractivity (Wildman–Crippen MR) is 58.1 cm³/mol. The molecule has 80 valence electrons. The number of thiazole rings is 1. The third kappa shape index (κ3) is 1.53. The van der Waals surface area contributed by atoms with E-state index >= 15 is 0 Å². The topological polar surface area (TPSA) is 82.3 Å². The number of aryl methyl sites for hydroxylation is 1. The van der Waals surface area contributed by atoms with Crippen molar-refractivity contribution in [2.24, 2.45) is 7.05 Å². The van der Waals surface area contributed by atoms with Crippen molar-refractivity contribution in [1.82, 2.24) is 35.2 Å². The van der Waals surface area contributed by atoms with Gasteiger partial charge in [-0.25, -0.2) is 19.6 Å². The highest BCUT2D eigenvalue weighted by atomic mass is 32.2. The van der Waals surface area contributed by atoms with Crippen LogP contribution in [0.25, 0.3) is 10.3 Å². The molecule has 0 N–H and O–H groups in total. The summed E-state index contributed by atoms with van der Waals surface area (Å²) in [6.45, 7) is 0. The van der Waals surface area contributed by atoms with E-state index in [1.54, 1.807) is 17.2 Å². The van der Waals surface area contributed by atoms with Gasteiger partial charge in [-0.2, -0.15) is 0 Å². The summed E-state index contributed by atoms with van der Waals surface area (Å²) in [6.07, 6.45) is 1.52. The van der Waals surface area contributed by atoms with Crippen molar-refractivity contribution in [3.63, 3.8) is 0 Å². The first-order valence-corrected chi connectivity index (χ1v) is 5.98. The first kappa shape index (κ1) is 9.60. The molecule has 3 aromatic rings. The molecule has 0 aliphatic heterocycles. The third-order valence-corrected chi connectivity index (χ3v) is 3.62. The van der Waals surface area contributed by atoms with E-state index in [-0.39, 0.29) is 0 Å². The lowest BCUT2D eigenvalue weighted by Gasteiger charge is -1.98. The molecule has 0 aliphatic rings. The third-order valence-electron chi connectivity index (χ3n) is 1.87. The first-order valence-electron chi connectivity index (χ1n) is 4.29. The maximum Gasteiger partial charge on any atom is 0.215 e. The van der Waals surface area contributed by atoms with Gasteiger partial charge in [0.05, 0.1) is 5.51 Å². The zero-order valence-corrected chi connectivity index (χ0v) is 9.73. The molecule has 9 heteroatoms. The van der Waals surface area contributed by atoms with Crippen LogP contribution in [-0.4, -0.2) is 35.2 Å². The number of tetrazole rings is 1. The summed E-state index contributed by atoms with van der Waals surface area (Å²) in [5.41, 5.74) is 2.54. The summed E-state index contributed by atoms with van der Waals surface area (Å²) in [5, 5.41) is 12.6. The molecule has 3 heterocycles. The van der Waals surface area contributed by atoms with Gasteiger partial charge < -0.3 is 0 Å². The molecule has 0 unspecified atom stereocenters. The van der Waals surface area contributed by atoms with Crippen molar-refractivity contribution in [1.29, 1.82) is 0 Å². The Balaban J connectivity index is 2.07. The van der Waals surface area contributed by atoms with Crippen molar-refractivity contribution in [2.75, 3.05) is 0 Å². The van der Waals surface area contributed by atoms with Gasteiger partial charge in [-0.05, 0) is 22.2 Å². The van der Waals surface area contributed by atoms with E-state index < -0.39 is 0 Å². The van der Waals surface area contributed by atoms with E-state index in [0.29, 0.717) is 5.16 Å². The van der Waals surface area contributed by atoms with Gasteiger partial charge >= 0.3 is 0 Å². The number of aromatic nitrogens is 7. The summed E-state index contributed by atoms with van der Waals surface area (Å²) >= 11 is 2.86. The number of rotatable bonds is 2. The molecule has 3 aromatic heterocycles. The quantitative estimate of drug-likeness (QED) is 0.622. The van der Waals surface area contributed by atoms with Crippen molar-refractivity contribution >= 4 is 33.4 Å². The molecule has 0 bridgehead atoms. The van der Waals surface area contributed by atoms with Crippen molar-refractivity contribution < 1.29 is 0 Å². The second kappa shape index (κ2) is 3.76. The standard InChI is InChI=1S/C7H5N7S2/c1-14-7(11-12-13-14)16-6-4-5(8-2-9-6)15-3-10-4/h2-3H,1H3. The van der Waals surface area contributed by atoms with Crippen LogP contribution < -0.4 is 0 Å². The van der Waals surface area contributed by atoms with Gasteiger partial charge in [-0.3, -0.25) is 0 Å². The van der Waals surface area contributed by atoms with Gasteiger partial charge in [0.25, 0.3) is 0 Å². The van der Waals surface area contributed by atoms with E-state index in [4.69, 9.17) is 0 Å². The Morgan fingerprint density at radius 2 is 2.25 bits per heavy atom. The molecule has 0 radical (unpaired) electrons. The minimum absolute atomic E-state index is 0.674. The first-order chi connectivity index (χ1) is 7.84. The fourth-order valence-electron chi connectivity index (χ4n) is 1.14. The van der Waals surface area contributed by atoms with Gasteiger partial charge in [0.15, 0.2) is 0 Å². The van der Waals surface area contributed by atoms with Crippen molar-refractivity contribution in [3.05, 3.63) is 11.8 Å². The van der Waals surface area contributed by atoms with Gasteiger partial charge in [0.1, 0.15) is 21.7 Å². The van der Waals surface area contributed by atoms with Crippen LogP contribution in [0.15, 0.2) is 22.0 Å². The van der Waals surface area contributed by atoms with Gasteiger partial charge in [-0.1, -0.05) is 0 Å². The predicted octanol–water partition coefficient (Wildman–Crippen LogP) is 0.761. The molecule has 0 saturated heterocycles. The summed E-state index contributed by atoms with van der Waals surface area (Å²) < 4.78 is 1.59. The summed E-state index contributed by atoms with van der Waals surface area (Å²) in [7, 11) is 1.78. The Labute approximate surface area is 97.9 Å². The Kier molecular flexibility index (Phi) is 2.26. The van der Waals surface area contributed by atoms with Gasteiger partial charge in [-0.15, -0.1) is 16.4 Å². The molecular weight excluding hydrogens is 246 g/mol. The lowest BCUT2D eigenvalue weighted by atomic mass is 10.6. The zero-order chi connectivity index (χ0) is 11.0. The molecular formula is C7H5N7S2. The maximum absolute atomic E-state index is 4.22. The minimum Gasteiger partial charge on any atom is -0.240 e. The normalized spacial score (nSPS) is 11.1. The molecule has 0 aliphatic carbocycles. The van der Waals surface area contributed by atoms with Crippen LogP contribution >= 0.6 is 23.1 Å². The summed E-state index contributed by atoms with van der Waals surface area (Å²) in [6, 6.07) is 0. The van der Waals surface area contributed by atoms with Crippen molar-refractivity contribution in [2.45, 2.75) is 10.2 Å². The fraction of sp³-hybridized carbons (Fsp3) is 0.143. The number of nitrogens with zero attached hydrogens (tertiary/aromatic N) is 7. The molecule has 16 heavy (non-hydrogen) atoms. The molecule has 3 rings (SSSR count). The largest absolute Gasteiger partial charge is 0.240 e. The Morgan fingerprint density at radius 3 is 3.06 bits per heavy atom. The van der Waals surface area contributed by atoms with E-state index in [0.717, 1.165) is 15.4 Å². The summed E-state index contributed by atoms with van der Waals surface area (Å²) in [5.74, 6) is 0. The van der Waals surface area contributed by atoms with Crippen LogP contribution in [0.2, 0.25) is 0 Å². The van der Waals surface area contributed by atoms with Gasteiger partial charge in [0.2, 0.25) is 5.16 Å². The fourth-order valence-corrected chi connectivity index (χ4v) is 2.60. The average Bonchev–Trinajstić information content (AvgIpc) is 2.89. The lowest BCUT2D eigenvalue weighted by molar-refractivity contribution is 0.664.